The Hall–Kier alpha value is -4.39. The Kier molecular flexibility index (Phi) is 5.14. The molecule has 0 fully saturated rings. The molecule has 2 N–H and O–H groups in total. The smallest absolute Gasteiger partial charge is 0.161 e. The van der Waals surface area contributed by atoms with E-state index in [1.165, 1.54) is 13.4 Å². The van der Waals surface area contributed by atoms with Crippen LogP contribution in [0.5, 0.6) is 11.5 Å². The summed E-state index contributed by atoms with van der Waals surface area (Å²) < 4.78 is 11.5. The van der Waals surface area contributed by atoms with Crippen LogP contribution in [0.1, 0.15) is 11.1 Å². The molecule has 7 nitrogen and oxygen atoms in total. The monoisotopic (exact) mass is 438 g/mol. The Labute approximate surface area is 190 Å². The topological polar surface area (TPSA) is 92.8 Å². The lowest BCUT2D eigenvalue weighted by atomic mass is 10.0. The van der Waals surface area contributed by atoms with Crippen molar-refractivity contribution >= 4 is 27.7 Å². The van der Waals surface area contributed by atoms with Crippen molar-refractivity contribution in [3.05, 3.63) is 83.5 Å². The summed E-state index contributed by atoms with van der Waals surface area (Å²) in [4.78, 5) is 8.68. The molecule has 0 bridgehead atoms. The molecule has 164 valence electrons. The Morgan fingerprint density at radius 3 is 2.70 bits per heavy atom. The number of aryl methyl sites for hydroxylation is 2. The van der Waals surface area contributed by atoms with Crippen LogP contribution in [-0.2, 0) is 0 Å². The molecule has 0 unspecified atom stereocenters. The number of nitrogens with zero attached hydrogens (tertiary/aromatic N) is 3. The fourth-order valence-corrected chi connectivity index (χ4v) is 3.95. The molecule has 0 saturated heterocycles. The normalized spacial score (nSPS) is 11.8. The number of aromatic hydroxyl groups is 1. The molecule has 0 aliphatic rings. The molecule has 0 amide bonds. The zero-order valence-electron chi connectivity index (χ0n) is 18.5. The van der Waals surface area contributed by atoms with Gasteiger partial charge in [0.15, 0.2) is 17.3 Å². The lowest BCUT2D eigenvalue weighted by Gasteiger charge is -2.10. The van der Waals surface area contributed by atoms with Crippen molar-refractivity contribution in [2.75, 3.05) is 12.5 Å². The number of hydrogen-bond donors (Lipinski definition) is 2. The van der Waals surface area contributed by atoms with Crippen LogP contribution in [0.25, 0.3) is 33.2 Å². The van der Waals surface area contributed by atoms with Crippen molar-refractivity contribution in [2.45, 2.75) is 13.8 Å². The highest BCUT2D eigenvalue weighted by atomic mass is 16.5. The molecule has 2 heterocycles. The highest BCUT2D eigenvalue weighted by Crippen LogP contribution is 2.32. The van der Waals surface area contributed by atoms with Gasteiger partial charge in [0, 0.05) is 22.4 Å². The first-order valence-corrected chi connectivity index (χ1v) is 10.5. The average Bonchev–Trinajstić information content (AvgIpc) is 2.82. The number of methoxy groups -OCH3 is 1. The number of phenols is 1. The molecule has 0 aliphatic carbocycles. The van der Waals surface area contributed by atoms with Crippen LogP contribution in [0, 0.1) is 13.8 Å². The van der Waals surface area contributed by atoms with E-state index < -0.39 is 0 Å². The minimum atomic E-state index is 0.0657. The molecule has 33 heavy (non-hydrogen) atoms. The van der Waals surface area contributed by atoms with Crippen LogP contribution in [0.2, 0.25) is 0 Å². The first kappa shape index (κ1) is 20.5. The molecule has 2 aromatic heterocycles. The van der Waals surface area contributed by atoms with Crippen molar-refractivity contribution in [1.82, 2.24) is 9.97 Å². The maximum atomic E-state index is 9.98. The second-order valence-corrected chi connectivity index (χ2v) is 7.80. The number of benzene rings is 3. The zero-order valence-corrected chi connectivity index (χ0v) is 18.5. The van der Waals surface area contributed by atoms with Crippen molar-refractivity contribution < 1.29 is 14.3 Å². The lowest BCUT2D eigenvalue weighted by Crippen LogP contribution is -2.10. The van der Waals surface area contributed by atoms with Gasteiger partial charge in [0.1, 0.15) is 17.7 Å². The van der Waals surface area contributed by atoms with Gasteiger partial charge in [-0.3, -0.25) is 5.43 Å². The first-order valence-electron chi connectivity index (χ1n) is 10.5. The summed E-state index contributed by atoms with van der Waals surface area (Å²) in [5, 5.41) is 17.2. The highest BCUT2D eigenvalue weighted by molar-refractivity contribution is 5.88. The van der Waals surface area contributed by atoms with Gasteiger partial charge >= 0.3 is 0 Å². The van der Waals surface area contributed by atoms with Gasteiger partial charge in [0.25, 0.3) is 0 Å². The quantitative estimate of drug-likeness (QED) is 0.370. The fourth-order valence-electron chi connectivity index (χ4n) is 3.95. The highest BCUT2D eigenvalue weighted by Gasteiger charge is 2.12. The van der Waals surface area contributed by atoms with E-state index >= 15 is 0 Å². The van der Waals surface area contributed by atoms with E-state index in [1.54, 1.807) is 18.2 Å². The number of nitrogens with one attached hydrogen (secondary N) is 1. The van der Waals surface area contributed by atoms with E-state index in [9.17, 15) is 5.11 Å². The summed E-state index contributed by atoms with van der Waals surface area (Å²) in [6.45, 7) is 4.06. The van der Waals surface area contributed by atoms with E-state index in [0.717, 1.165) is 33.0 Å². The summed E-state index contributed by atoms with van der Waals surface area (Å²) in [6.07, 6.45) is 1.52. The zero-order chi connectivity index (χ0) is 22.9. The Balaban J connectivity index is 1.71. The SMILES string of the molecule is COc1cc(-c2cc(=NNc3ncnc4ccccc34)c3c(C)cc(C)cc3o2)ccc1O. The first-order chi connectivity index (χ1) is 16.0. The van der Waals surface area contributed by atoms with Crippen LogP contribution in [0.15, 0.2) is 76.5 Å². The van der Waals surface area contributed by atoms with Crippen molar-refractivity contribution in [3.8, 4) is 22.8 Å². The number of ether oxygens (including phenoxy) is 1. The number of fused-ring (bicyclic) bond motifs is 2. The third-order valence-electron chi connectivity index (χ3n) is 5.48. The third kappa shape index (κ3) is 3.85. The van der Waals surface area contributed by atoms with E-state index in [0.29, 0.717) is 28.3 Å². The van der Waals surface area contributed by atoms with Crippen LogP contribution in [0.4, 0.5) is 5.82 Å². The van der Waals surface area contributed by atoms with Gasteiger partial charge in [-0.25, -0.2) is 9.97 Å². The van der Waals surface area contributed by atoms with Gasteiger partial charge in [0.2, 0.25) is 0 Å². The third-order valence-corrected chi connectivity index (χ3v) is 5.48. The summed E-state index contributed by atoms with van der Waals surface area (Å²) >= 11 is 0. The molecule has 7 heteroatoms. The molecular formula is C26H22N4O3. The predicted molar refractivity (Wildman–Crippen MR) is 128 cm³/mol. The largest absolute Gasteiger partial charge is 0.504 e. The van der Waals surface area contributed by atoms with Crippen LogP contribution < -0.4 is 15.5 Å². The van der Waals surface area contributed by atoms with Crippen LogP contribution in [0.3, 0.4) is 0 Å². The molecular weight excluding hydrogens is 416 g/mol. The second kappa shape index (κ2) is 8.27. The average molecular weight is 438 g/mol. The van der Waals surface area contributed by atoms with Gasteiger partial charge < -0.3 is 14.3 Å². The fraction of sp³-hybridized carbons (Fsp3) is 0.115. The van der Waals surface area contributed by atoms with Gasteiger partial charge in [-0.1, -0.05) is 18.2 Å². The number of anilines is 1. The maximum Gasteiger partial charge on any atom is 0.161 e. The lowest BCUT2D eigenvalue weighted by molar-refractivity contribution is 0.373. The van der Waals surface area contributed by atoms with Crippen molar-refractivity contribution in [1.29, 1.82) is 0 Å². The Morgan fingerprint density at radius 1 is 1.00 bits per heavy atom. The van der Waals surface area contributed by atoms with Crippen LogP contribution in [-0.4, -0.2) is 22.2 Å². The van der Waals surface area contributed by atoms with E-state index in [-0.39, 0.29) is 5.75 Å². The number of hydrogen-bond acceptors (Lipinski definition) is 7. The minimum absolute atomic E-state index is 0.0657. The van der Waals surface area contributed by atoms with E-state index in [4.69, 9.17) is 14.3 Å². The number of aromatic nitrogens is 2. The minimum Gasteiger partial charge on any atom is -0.504 e. The molecule has 5 rings (SSSR count). The Morgan fingerprint density at radius 2 is 1.85 bits per heavy atom. The molecule has 0 radical (unpaired) electrons. The van der Waals surface area contributed by atoms with Gasteiger partial charge in [-0.2, -0.15) is 5.10 Å². The van der Waals surface area contributed by atoms with Crippen molar-refractivity contribution in [3.63, 3.8) is 0 Å². The summed E-state index contributed by atoms with van der Waals surface area (Å²) in [5.74, 6) is 1.65. The molecule has 0 atom stereocenters. The summed E-state index contributed by atoms with van der Waals surface area (Å²) in [6, 6.07) is 18.8. The predicted octanol–water partition coefficient (Wildman–Crippen LogP) is 5.30. The number of rotatable bonds is 4. The second-order valence-electron chi connectivity index (χ2n) is 7.80. The van der Waals surface area contributed by atoms with Gasteiger partial charge in [0.05, 0.1) is 18.0 Å². The van der Waals surface area contributed by atoms with Crippen LogP contribution >= 0.6 is 0 Å². The molecule has 0 aliphatic heterocycles. The van der Waals surface area contributed by atoms with Gasteiger partial charge in [-0.05, 0) is 61.4 Å². The van der Waals surface area contributed by atoms with E-state index in [1.807, 2.05) is 50.2 Å². The summed E-state index contributed by atoms with van der Waals surface area (Å²) in [7, 11) is 1.51. The van der Waals surface area contributed by atoms with Gasteiger partial charge in [-0.15, -0.1) is 0 Å². The maximum absolute atomic E-state index is 9.98. The molecule has 3 aromatic carbocycles. The summed E-state index contributed by atoms with van der Waals surface area (Å²) in [5.41, 5.74) is 7.56. The Bertz CT molecular complexity index is 1570. The van der Waals surface area contributed by atoms with Crippen molar-refractivity contribution in [2.24, 2.45) is 5.10 Å². The molecule has 0 saturated carbocycles. The molecule has 5 aromatic rings. The standard InChI is InChI=1S/C26H22N4O3/c1-15-10-16(2)25-20(29-30-26-18-6-4-5-7-19(18)27-14-28-26)13-22(33-24(25)11-15)17-8-9-21(31)23(12-17)32-3/h4-14,31H,1-3H3,(H,27,28,30). The molecule has 0 spiro atoms. The van der Waals surface area contributed by atoms with E-state index in [2.05, 4.69) is 21.5 Å². The number of para-hydroxylation sites is 1. The number of phenolic OH excluding ortho intramolecular Hbond substituents is 1.